The molecular formula is C18H20N4O. The topological polar surface area (TPSA) is 52.2 Å². The number of aromatic nitrogens is 3. The molecule has 0 N–H and O–H groups in total. The maximum atomic E-state index is 12.5. The van der Waals surface area contributed by atoms with Gasteiger partial charge in [0.25, 0.3) is 5.91 Å². The summed E-state index contributed by atoms with van der Waals surface area (Å²) in [7, 11) is 0. The Kier molecular flexibility index (Phi) is 4.37. The molecule has 0 unspecified atom stereocenters. The molecule has 0 spiro atoms. The van der Waals surface area contributed by atoms with Crippen LogP contribution in [0, 0.1) is 0 Å². The Labute approximate surface area is 134 Å². The third kappa shape index (κ3) is 2.82. The number of rotatable bonds is 4. The summed E-state index contributed by atoms with van der Waals surface area (Å²) in [4.78, 5) is 20.9. The molecule has 118 valence electrons. The van der Waals surface area contributed by atoms with E-state index in [0.717, 1.165) is 30.5 Å². The number of hydrogen-bond acceptors (Lipinski definition) is 2. The standard InChI is InChI=1S/C18H20N4O/c1-3-13-22-16-11-6-5-10-15(16)21(4-2)18(22)20-17(23)14-9-7-8-12-19-14/h5-12H,3-4,13H2,1-2H3. The Morgan fingerprint density at radius 3 is 2.35 bits per heavy atom. The molecule has 3 rings (SSSR count). The maximum Gasteiger partial charge on any atom is 0.298 e. The molecular weight excluding hydrogens is 288 g/mol. The molecule has 2 aromatic heterocycles. The number of carbonyl (C=O) groups excluding carboxylic acids is 1. The first-order chi connectivity index (χ1) is 11.3. The summed E-state index contributed by atoms with van der Waals surface area (Å²) in [6.07, 6.45) is 2.58. The second-order valence-corrected chi connectivity index (χ2v) is 5.32. The maximum absolute atomic E-state index is 12.5. The molecule has 1 amide bonds. The molecule has 0 fully saturated rings. The fourth-order valence-corrected chi connectivity index (χ4v) is 2.80. The highest BCUT2D eigenvalue weighted by Gasteiger charge is 2.12. The number of aryl methyl sites for hydroxylation is 2. The molecule has 0 radical (unpaired) electrons. The van der Waals surface area contributed by atoms with E-state index in [9.17, 15) is 4.79 Å². The highest BCUT2D eigenvalue weighted by Crippen LogP contribution is 2.13. The molecule has 2 heterocycles. The highest BCUT2D eigenvalue weighted by atomic mass is 16.1. The zero-order valence-electron chi connectivity index (χ0n) is 13.4. The molecule has 1 aromatic carbocycles. The number of carbonyl (C=O) groups is 1. The average Bonchev–Trinajstić information content (AvgIpc) is 2.89. The third-order valence-electron chi connectivity index (χ3n) is 3.80. The van der Waals surface area contributed by atoms with Gasteiger partial charge in [-0.15, -0.1) is 0 Å². The average molecular weight is 308 g/mol. The molecule has 0 atom stereocenters. The Morgan fingerprint density at radius 2 is 1.74 bits per heavy atom. The van der Waals surface area contributed by atoms with Gasteiger partial charge in [-0.05, 0) is 37.6 Å². The van der Waals surface area contributed by atoms with E-state index in [1.807, 2.05) is 12.1 Å². The Morgan fingerprint density at radius 1 is 1.04 bits per heavy atom. The SMILES string of the molecule is CCCn1c(=NC(=O)c2ccccn2)n(CC)c2ccccc21. The van der Waals surface area contributed by atoms with Crippen molar-refractivity contribution in [3.8, 4) is 0 Å². The fraction of sp³-hybridized carbons (Fsp3) is 0.278. The number of para-hydroxylation sites is 2. The van der Waals surface area contributed by atoms with Crippen molar-refractivity contribution in [2.75, 3.05) is 0 Å². The van der Waals surface area contributed by atoms with Gasteiger partial charge in [-0.3, -0.25) is 9.78 Å². The molecule has 0 saturated carbocycles. The van der Waals surface area contributed by atoms with Crippen LogP contribution in [0.1, 0.15) is 30.8 Å². The van der Waals surface area contributed by atoms with E-state index < -0.39 is 0 Å². The second-order valence-electron chi connectivity index (χ2n) is 5.32. The van der Waals surface area contributed by atoms with Gasteiger partial charge in [0.05, 0.1) is 11.0 Å². The van der Waals surface area contributed by atoms with Crippen molar-refractivity contribution < 1.29 is 4.79 Å². The number of hydrogen-bond donors (Lipinski definition) is 0. The van der Waals surface area contributed by atoms with Crippen molar-refractivity contribution in [3.63, 3.8) is 0 Å². The zero-order chi connectivity index (χ0) is 16.2. The van der Waals surface area contributed by atoms with Gasteiger partial charge in [0.2, 0.25) is 5.62 Å². The third-order valence-corrected chi connectivity index (χ3v) is 3.80. The molecule has 3 aromatic rings. The van der Waals surface area contributed by atoms with Crippen LogP contribution in [0.25, 0.3) is 11.0 Å². The molecule has 5 heteroatoms. The lowest BCUT2D eigenvalue weighted by Crippen LogP contribution is -2.27. The first kappa shape index (κ1) is 15.2. The van der Waals surface area contributed by atoms with Crippen LogP contribution in [0.5, 0.6) is 0 Å². The van der Waals surface area contributed by atoms with Gasteiger partial charge in [0.1, 0.15) is 5.69 Å². The van der Waals surface area contributed by atoms with Gasteiger partial charge in [0, 0.05) is 19.3 Å². The van der Waals surface area contributed by atoms with Crippen LogP contribution in [0.2, 0.25) is 0 Å². The summed E-state index contributed by atoms with van der Waals surface area (Å²) >= 11 is 0. The van der Waals surface area contributed by atoms with E-state index in [0.29, 0.717) is 11.3 Å². The van der Waals surface area contributed by atoms with Crippen LogP contribution in [-0.4, -0.2) is 20.0 Å². The minimum Gasteiger partial charge on any atom is -0.310 e. The second kappa shape index (κ2) is 6.60. The summed E-state index contributed by atoms with van der Waals surface area (Å²) in [5.74, 6) is -0.312. The number of benzene rings is 1. The van der Waals surface area contributed by atoms with Gasteiger partial charge in [-0.1, -0.05) is 25.1 Å². The molecule has 0 saturated heterocycles. The number of imidazole rings is 1. The molecule has 0 aliphatic rings. The van der Waals surface area contributed by atoms with E-state index in [1.54, 1.807) is 24.4 Å². The van der Waals surface area contributed by atoms with Gasteiger partial charge in [-0.25, -0.2) is 0 Å². The van der Waals surface area contributed by atoms with E-state index in [-0.39, 0.29) is 5.91 Å². The zero-order valence-corrected chi connectivity index (χ0v) is 13.4. The predicted molar refractivity (Wildman–Crippen MR) is 90.0 cm³/mol. The predicted octanol–water partition coefficient (Wildman–Crippen LogP) is 3.01. The van der Waals surface area contributed by atoms with Gasteiger partial charge in [-0.2, -0.15) is 4.99 Å². The quantitative estimate of drug-likeness (QED) is 0.744. The van der Waals surface area contributed by atoms with Crippen molar-refractivity contribution in [1.29, 1.82) is 0 Å². The normalized spacial score (nSPS) is 12.0. The molecule has 0 aliphatic heterocycles. The summed E-state index contributed by atoms with van der Waals surface area (Å²) in [5, 5.41) is 0. The Bertz CT molecular complexity index is 890. The van der Waals surface area contributed by atoms with Crippen molar-refractivity contribution >= 4 is 16.9 Å². The van der Waals surface area contributed by atoms with Crippen molar-refractivity contribution in [1.82, 2.24) is 14.1 Å². The van der Waals surface area contributed by atoms with Crippen molar-refractivity contribution in [2.24, 2.45) is 4.99 Å². The van der Waals surface area contributed by atoms with Crippen LogP contribution in [0.15, 0.2) is 53.7 Å². The first-order valence-corrected chi connectivity index (χ1v) is 7.94. The Balaban J connectivity index is 2.25. The molecule has 0 bridgehead atoms. The molecule has 0 aliphatic carbocycles. The highest BCUT2D eigenvalue weighted by molar-refractivity contribution is 5.93. The number of amides is 1. The summed E-state index contributed by atoms with van der Waals surface area (Å²) in [5.41, 5.74) is 3.24. The van der Waals surface area contributed by atoms with Crippen LogP contribution in [0.3, 0.4) is 0 Å². The minimum absolute atomic E-state index is 0.312. The van der Waals surface area contributed by atoms with Crippen LogP contribution >= 0.6 is 0 Å². The van der Waals surface area contributed by atoms with Crippen LogP contribution in [-0.2, 0) is 13.1 Å². The van der Waals surface area contributed by atoms with Crippen LogP contribution < -0.4 is 5.62 Å². The first-order valence-electron chi connectivity index (χ1n) is 7.94. The number of pyridine rings is 1. The van der Waals surface area contributed by atoms with Crippen molar-refractivity contribution in [2.45, 2.75) is 33.4 Å². The van der Waals surface area contributed by atoms with Gasteiger partial charge < -0.3 is 9.13 Å². The summed E-state index contributed by atoms with van der Waals surface area (Å²) < 4.78 is 4.19. The molecule has 5 nitrogen and oxygen atoms in total. The van der Waals surface area contributed by atoms with E-state index >= 15 is 0 Å². The Hall–Kier alpha value is -2.69. The van der Waals surface area contributed by atoms with E-state index in [2.05, 4.69) is 45.1 Å². The monoisotopic (exact) mass is 308 g/mol. The summed E-state index contributed by atoms with van der Waals surface area (Å²) in [6.45, 7) is 5.76. The number of fused-ring (bicyclic) bond motifs is 1. The van der Waals surface area contributed by atoms with Gasteiger partial charge in [0.15, 0.2) is 0 Å². The fourth-order valence-electron chi connectivity index (χ4n) is 2.80. The van der Waals surface area contributed by atoms with E-state index in [4.69, 9.17) is 0 Å². The van der Waals surface area contributed by atoms with Crippen molar-refractivity contribution in [3.05, 3.63) is 60.0 Å². The lowest BCUT2D eigenvalue weighted by Gasteiger charge is -2.03. The summed E-state index contributed by atoms with van der Waals surface area (Å²) in [6, 6.07) is 13.4. The minimum atomic E-state index is -0.312. The lowest BCUT2D eigenvalue weighted by molar-refractivity contribution is 0.0991. The number of nitrogens with zero attached hydrogens (tertiary/aromatic N) is 4. The smallest absolute Gasteiger partial charge is 0.298 e. The van der Waals surface area contributed by atoms with E-state index in [1.165, 1.54) is 0 Å². The van der Waals surface area contributed by atoms with Gasteiger partial charge >= 0.3 is 0 Å². The van der Waals surface area contributed by atoms with Crippen LogP contribution in [0.4, 0.5) is 0 Å². The molecule has 23 heavy (non-hydrogen) atoms. The largest absolute Gasteiger partial charge is 0.310 e. The lowest BCUT2D eigenvalue weighted by atomic mass is 10.3.